The highest BCUT2D eigenvalue weighted by atomic mass is 16.5. The van der Waals surface area contributed by atoms with Crippen molar-refractivity contribution in [2.75, 3.05) is 6.61 Å². The summed E-state index contributed by atoms with van der Waals surface area (Å²) in [5, 5.41) is 19.4. The second-order valence-corrected chi connectivity index (χ2v) is 9.03. The number of aromatic nitrogens is 6. The summed E-state index contributed by atoms with van der Waals surface area (Å²) in [4.78, 5) is 13.2. The summed E-state index contributed by atoms with van der Waals surface area (Å²) >= 11 is 0. The number of carbonyl (C=O) groups excluding carboxylic acids is 1. The second-order valence-electron chi connectivity index (χ2n) is 9.03. The van der Waals surface area contributed by atoms with Crippen molar-refractivity contribution in [3.05, 3.63) is 107 Å². The Labute approximate surface area is 221 Å². The molecule has 192 valence electrons. The Hall–Kier alpha value is -4.59. The van der Waals surface area contributed by atoms with Gasteiger partial charge in [-0.1, -0.05) is 85.8 Å². The minimum atomic E-state index is -0.318. The number of hydrogen-bond acceptors (Lipinski definition) is 6. The second kappa shape index (κ2) is 11.6. The molecule has 0 atom stereocenters. The number of rotatable bonds is 10. The number of ether oxygens (including phenoxy) is 1. The van der Waals surface area contributed by atoms with Crippen molar-refractivity contribution in [1.29, 1.82) is 0 Å². The largest absolute Gasteiger partial charge is 0.462 e. The van der Waals surface area contributed by atoms with Gasteiger partial charge in [0.2, 0.25) is 5.82 Å². The normalized spacial score (nSPS) is 11.0. The highest BCUT2D eigenvalue weighted by Gasteiger charge is 2.25. The molecule has 0 spiro atoms. The third-order valence-corrected chi connectivity index (χ3v) is 6.41. The number of nitrogens with one attached hydrogen (secondary N) is 1. The average molecular weight is 507 g/mol. The maximum Gasteiger partial charge on any atom is 0.341 e. The number of nitrogens with zero attached hydrogens (tertiary/aromatic N) is 5. The molecule has 0 aliphatic rings. The van der Waals surface area contributed by atoms with E-state index in [4.69, 9.17) is 9.84 Å². The Morgan fingerprint density at radius 2 is 1.58 bits per heavy atom. The quantitative estimate of drug-likeness (QED) is 0.251. The van der Waals surface area contributed by atoms with E-state index in [1.807, 2.05) is 54.1 Å². The Morgan fingerprint density at radius 1 is 0.868 bits per heavy atom. The van der Waals surface area contributed by atoms with Crippen molar-refractivity contribution in [3.8, 4) is 22.5 Å². The van der Waals surface area contributed by atoms with Gasteiger partial charge in [0, 0.05) is 24.9 Å². The number of aryl methyl sites for hydroxylation is 1. The van der Waals surface area contributed by atoms with Crippen LogP contribution >= 0.6 is 0 Å². The molecule has 38 heavy (non-hydrogen) atoms. The molecule has 0 saturated heterocycles. The molecular weight excluding hydrogens is 476 g/mol. The molecule has 8 nitrogen and oxygen atoms in total. The van der Waals surface area contributed by atoms with Crippen LogP contribution in [-0.4, -0.2) is 43.0 Å². The SMILES string of the molecule is CCCn1nc(Cc2ccc(-c3ccccc3-c3nn[nH]n3)cc2)c(C(=O)OCC)c1Cc1ccccc1. The van der Waals surface area contributed by atoms with E-state index in [-0.39, 0.29) is 5.97 Å². The molecule has 0 saturated carbocycles. The molecule has 0 fully saturated rings. The molecule has 0 unspecified atom stereocenters. The number of esters is 1. The van der Waals surface area contributed by atoms with E-state index in [1.54, 1.807) is 0 Å². The number of H-pyrrole nitrogens is 1. The van der Waals surface area contributed by atoms with E-state index in [1.165, 1.54) is 0 Å². The van der Waals surface area contributed by atoms with Crippen LogP contribution < -0.4 is 0 Å². The van der Waals surface area contributed by atoms with E-state index >= 15 is 0 Å². The molecule has 1 N–H and O–H groups in total. The first-order chi connectivity index (χ1) is 18.7. The number of carbonyl (C=O) groups is 1. The Balaban J connectivity index is 1.48. The van der Waals surface area contributed by atoms with Crippen molar-refractivity contribution in [2.24, 2.45) is 0 Å². The fourth-order valence-electron chi connectivity index (χ4n) is 4.68. The van der Waals surface area contributed by atoms with Gasteiger partial charge >= 0.3 is 5.97 Å². The third-order valence-electron chi connectivity index (χ3n) is 6.41. The van der Waals surface area contributed by atoms with Crippen LogP contribution in [0.25, 0.3) is 22.5 Å². The topological polar surface area (TPSA) is 98.6 Å². The van der Waals surface area contributed by atoms with Gasteiger partial charge in [0.25, 0.3) is 0 Å². The van der Waals surface area contributed by atoms with Crippen LogP contribution in [0.3, 0.4) is 0 Å². The van der Waals surface area contributed by atoms with Crippen LogP contribution in [0.1, 0.15) is 53.1 Å². The molecule has 3 aromatic carbocycles. The van der Waals surface area contributed by atoms with Gasteiger partial charge in [0.15, 0.2) is 0 Å². The van der Waals surface area contributed by atoms with E-state index in [0.29, 0.717) is 30.8 Å². The molecule has 0 aliphatic heterocycles. The summed E-state index contributed by atoms with van der Waals surface area (Å²) < 4.78 is 7.47. The first-order valence-electron chi connectivity index (χ1n) is 12.9. The Morgan fingerprint density at radius 3 is 2.26 bits per heavy atom. The Kier molecular flexibility index (Phi) is 7.68. The van der Waals surface area contributed by atoms with Gasteiger partial charge in [0.1, 0.15) is 5.56 Å². The van der Waals surface area contributed by atoms with Gasteiger partial charge in [-0.2, -0.15) is 10.3 Å². The summed E-state index contributed by atoms with van der Waals surface area (Å²) in [6.07, 6.45) is 2.06. The van der Waals surface area contributed by atoms with Crippen LogP contribution in [0, 0.1) is 0 Å². The van der Waals surface area contributed by atoms with Crippen LogP contribution in [0.2, 0.25) is 0 Å². The maximum absolute atomic E-state index is 13.2. The van der Waals surface area contributed by atoms with Gasteiger partial charge in [-0.05, 0) is 40.8 Å². The predicted octanol–water partition coefficient (Wildman–Crippen LogP) is 5.50. The number of tetrazole rings is 1. The van der Waals surface area contributed by atoms with Crippen molar-refractivity contribution < 1.29 is 9.53 Å². The fourth-order valence-corrected chi connectivity index (χ4v) is 4.68. The van der Waals surface area contributed by atoms with Crippen LogP contribution in [0.5, 0.6) is 0 Å². The first-order valence-corrected chi connectivity index (χ1v) is 12.9. The molecule has 0 radical (unpaired) electrons. The molecule has 2 heterocycles. The molecule has 0 aliphatic carbocycles. The average Bonchev–Trinajstić information content (AvgIpc) is 3.59. The molecular formula is C30H30N6O2. The summed E-state index contributed by atoms with van der Waals surface area (Å²) in [7, 11) is 0. The van der Waals surface area contributed by atoms with Crippen molar-refractivity contribution >= 4 is 5.97 Å². The van der Waals surface area contributed by atoms with Gasteiger partial charge in [-0.3, -0.25) is 4.68 Å². The van der Waals surface area contributed by atoms with E-state index in [9.17, 15) is 4.79 Å². The smallest absolute Gasteiger partial charge is 0.341 e. The molecule has 5 aromatic rings. The third kappa shape index (κ3) is 5.39. The van der Waals surface area contributed by atoms with Gasteiger partial charge in [-0.25, -0.2) is 4.79 Å². The van der Waals surface area contributed by atoms with E-state index in [2.05, 4.69) is 63.9 Å². The molecule has 2 aromatic heterocycles. The summed E-state index contributed by atoms with van der Waals surface area (Å²) in [6.45, 7) is 5.00. The van der Waals surface area contributed by atoms with Crippen LogP contribution in [0.4, 0.5) is 0 Å². The minimum Gasteiger partial charge on any atom is -0.462 e. The van der Waals surface area contributed by atoms with Gasteiger partial charge in [-0.15, -0.1) is 10.2 Å². The van der Waals surface area contributed by atoms with E-state index < -0.39 is 0 Å². The number of benzene rings is 3. The number of hydrogen-bond donors (Lipinski definition) is 1. The van der Waals surface area contributed by atoms with Crippen molar-refractivity contribution in [2.45, 2.75) is 39.7 Å². The van der Waals surface area contributed by atoms with Crippen LogP contribution in [-0.2, 0) is 24.1 Å². The van der Waals surface area contributed by atoms with Crippen molar-refractivity contribution in [1.82, 2.24) is 30.4 Å². The zero-order valence-corrected chi connectivity index (χ0v) is 21.6. The molecule has 0 amide bonds. The molecule has 0 bridgehead atoms. The maximum atomic E-state index is 13.2. The lowest BCUT2D eigenvalue weighted by molar-refractivity contribution is 0.0524. The summed E-state index contributed by atoms with van der Waals surface area (Å²) in [5.41, 5.74) is 7.37. The fraction of sp³-hybridized carbons (Fsp3) is 0.233. The summed E-state index contributed by atoms with van der Waals surface area (Å²) in [6, 6.07) is 26.4. The lowest BCUT2D eigenvalue weighted by Crippen LogP contribution is -2.12. The predicted molar refractivity (Wildman–Crippen MR) is 146 cm³/mol. The zero-order chi connectivity index (χ0) is 26.3. The molecule has 5 rings (SSSR count). The summed E-state index contributed by atoms with van der Waals surface area (Å²) in [5.74, 6) is 0.234. The number of aromatic amines is 1. The lowest BCUT2D eigenvalue weighted by Gasteiger charge is -2.10. The van der Waals surface area contributed by atoms with Gasteiger partial charge in [0.05, 0.1) is 18.0 Å². The monoisotopic (exact) mass is 506 g/mol. The zero-order valence-electron chi connectivity index (χ0n) is 21.6. The Bertz CT molecular complexity index is 1490. The minimum absolute atomic E-state index is 0.316. The van der Waals surface area contributed by atoms with Crippen molar-refractivity contribution in [3.63, 3.8) is 0 Å². The van der Waals surface area contributed by atoms with E-state index in [0.717, 1.165) is 52.2 Å². The highest BCUT2D eigenvalue weighted by molar-refractivity contribution is 5.92. The van der Waals surface area contributed by atoms with Gasteiger partial charge < -0.3 is 4.74 Å². The first kappa shape index (κ1) is 25.1. The highest BCUT2D eigenvalue weighted by Crippen LogP contribution is 2.30. The lowest BCUT2D eigenvalue weighted by atomic mass is 9.96. The molecule has 8 heteroatoms. The van der Waals surface area contributed by atoms with Crippen LogP contribution in [0.15, 0.2) is 78.9 Å². The standard InChI is InChI=1S/C30H30N6O2/c1-3-18-36-27(20-21-10-6-5-7-11-21)28(30(37)38-4-2)26(33-36)19-22-14-16-23(17-15-22)24-12-8-9-13-25(24)29-31-34-35-32-29/h5-17H,3-4,18-20H2,1-2H3,(H,31,32,34,35).